The molecule has 0 atom stereocenters. The maximum atomic E-state index is 5.55. The quantitative estimate of drug-likeness (QED) is 0.786. The first-order chi connectivity index (χ1) is 9.33. The minimum absolute atomic E-state index is 0.588. The van der Waals surface area contributed by atoms with Gasteiger partial charge in [-0.15, -0.1) is 0 Å². The van der Waals surface area contributed by atoms with Crippen LogP contribution in [-0.4, -0.2) is 49.5 Å². The number of benzene rings is 1. The number of nitrogens with one attached hydrogen (secondary N) is 1. The third-order valence-corrected chi connectivity index (χ3v) is 3.45. The van der Waals surface area contributed by atoms with Crippen molar-refractivity contribution in [3.8, 4) is 11.5 Å². The monoisotopic (exact) mass is 280 g/mol. The molecule has 0 saturated carbocycles. The maximum absolute atomic E-state index is 5.55. The lowest BCUT2D eigenvalue weighted by molar-refractivity contribution is 0.0690. The number of hydrogen-bond donors (Lipinski definition) is 1. The van der Waals surface area contributed by atoms with Gasteiger partial charge in [0.15, 0.2) is 16.6 Å². The zero-order valence-electron chi connectivity index (χ0n) is 10.6. The van der Waals surface area contributed by atoms with Crippen LogP contribution in [-0.2, 0) is 4.74 Å². The van der Waals surface area contributed by atoms with E-state index in [1.165, 1.54) is 0 Å². The molecule has 2 aliphatic heterocycles. The first-order valence-corrected chi connectivity index (χ1v) is 6.77. The van der Waals surface area contributed by atoms with E-state index in [0.717, 1.165) is 48.6 Å². The van der Waals surface area contributed by atoms with Gasteiger partial charge in [-0.25, -0.2) is 0 Å². The zero-order chi connectivity index (χ0) is 13.1. The van der Waals surface area contributed by atoms with Crippen LogP contribution in [0.5, 0.6) is 11.5 Å². The largest absolute Gasteiger partial charge is 0.486 e. The minimum Gasteiger partial charge on any atom is -0.486 e. The van der Waals surface area contributed by atoms with Crippen LogP contribution in [0.1, 0.15) is 0 Å². The van der Waals surface area contributed by atoms with Crippen molar-refractivity contribution >= 4 is 23.0 Å². The van der Waals surface area contributed by atoms with Crippen LogP contribution in [0.25, 0.3) is 0 Å². The molecule has 0 aliphatic carbocycles. The van der Waals surface area contributed by atoms with Crippen LogP contribution in [0.3, 0.4) is 0 Å². The van der Waals surface area contributed by atoms with Gasteiger partial charge in [-0.1, -0.05) is 0 Å². The van der Waals surface area contributed by atoms with Crippen LogP contribution < -0.4 is 14.8 Å². The number of nitrogens with zero attached hydrogens (tertiary/aromatic N) is 1. The fraction of sp³-hybridized carbons (Fsp3) is 0.462. The second-order valence-corrected chi connectivity index (χ2v) is 4.77. The summed E-state index contributed by atoms with van der Waals surface area (Å²) in [5, 5.41) is 3.95. The summed E-state index contributed by atoms with van der Waals surface area (Å²) in [5.74, 6) is 1.55. The summed E-state index contributed by atoms with van der Waals surface area (Å²) in [6.07, 6.45) is 0. The average Bonchev–Trinajstić information content (AvgIpc) is 2.48. The minimum atomic E-state index is 0.588. The molecule has 102 valence electrons. The lowest BCUT2D eigenvalue weighted by Crippen LogP contribution is -2.42. The summed E-state index contributed by atoms with van der Waals surface area (Å²) in [7, 11) is 0. The molecule has 1 aromatic carbocycles. The number of hydrogen-bond acceptors (Lipinski definition) is 4. The first-order valence-electron chi connectivity index (χ1n) is 6.36. The van der Waals surface area contributed by atoms with Crippen LogP contribution >= 0.6 is 12.2 Å². The Labute approximate surface area is 117 Å². The molecule has 0 bridgehead atoms. The molecule has 6 heteroatoms. The van der Waals surface area contributed by atoms with E-state index in [-0.39, 0.29) is 0 Å². The molecule has 5 nitrogen and oxygen atoms in total. The van der Waals surface area contributed by atoms with Crippen molar-refractivity contribution in [1.82, 2.24) is 4.90 Å². The average molecular weight is 280 g/mol. The van der Waals surface area contributed by atoms with Crippen molar-refractivity contribution in [3.63, 3.8) is 0 Å². The third-order valence-electron chi connectivity index (χ3n) is 3.09. The van der Waals surface area contributed by atoms with Crippen molar-refractivity contribution in [2.45, 2.75) is 0 Å². The number of thiocarbonyl (C=S) groups is 1. The van der Waals surface area contributed by atoms with Gasteiger partial charge in [-0.3, -0.25) is 0 Å². The van der Waals surface area contributed by atoms with Crippen molar-refractivity contribution < 1.29 is 14.2 Å². The van der Waals surface area contributed by atoms with Gasteiger partial charge in [-0.2, -0.15) is 0 Å². The Morgan fingerprint density at radius 1 is 1.05 bits per heavy atom. The first kappa shape index (κ1) is 12.5. The molecule has 0 unspecified atom stereocenters. The highest BCUT2D eigenvalue weighted by Gasteiger charge is 2.15. The van der Waals surface area contributed by atoms with Gasteiger partial charge in [0, 0.05) is 24.8 Å². The highest BCUT2D eigenvalue weighted by molar-refractivity contribution is 7.80. The molecule has 19 heavy (non-hydrogen) atoms. The summed E-state index contributed by atoms with van der Waals surface area (Å²) < 4.78 is 16.3. The number of ether oxygens (including phenoxy) is 3. The van der Waals surface area contributed by atoms with Gasteiger partial charge in [0.05, 0.1) is 13.2 Å². The lowest BCUT2D eigenvalue weighted by Gasteiger charge is -2.29. The standard InChI is InChI=1S/C13H16N2O3S/c19-13(15-3-5-16-6-4-15)14-10-1-2-11-12(9-10)18-8-7-17-11/h1-2,9H,3-8H2,(H,14,19). The molecule has 1 N–H and O–H groups in total. The summed E-state index contributed by atoms with van der Waals surface area (Å²) in [5.41, 5.74) is 0.917. The lowest BCUT2D eigenvalue weighted by atomic mass is 10.2. The molecule has 3 rings (SSSR count). The molecular formula is C13H16N2O3S. The number of fused-ring (bicyclic) bond motifs is 1. The molecule has 1 aromatic rings. The van der Waals surface area contributed by atoms with Crippen LogP contribution in [0.4, 0.5) is 5.69 Å². The summed E-state index contributed by atoms with van der Waals surface area (Å²) >= 11 is 5.40. The number of morpholine rings is 1. The fourth-order valence-electron chi connectivity index (χ4n) is 2.09. The topological polar surface area (TPSA) is 43.0 Å². The molecule has 0 radical (unpaired) electrons. The Kier molecular flexibility index (Phi) is 3.70. The fourth-order valence-corrected chi connectivity index (χ4v) is 2.39. The van der Waals surface area contributed by atoms with E-state index in [1.807, 2.05) is 18.2 Å². The molecule has 2 heterocycles. The zero-order valence-corrected chi connectivity index (χ0v) is 11.4. The number of anilines is 1. The Hall–Kier alpha value is -1.53. The van der Waals surface area contributed by atoms with E-state index in [1.54, 1.807) is 0 Å². The Morgan fingerprint density at radius 2 is 1.79 bits per heavy atom. The van der Waals surface area contributed by atoms with Crippen molar-refractivity contribution in [2.75, 3.05) is 44.8 Å². The maximum Gasteiger partial charge on any atom is 0.173 e. The van der Waals surface area contributed by atoms with Gasteiger partial charge >= 0.3 is 0 Å². The number of rotatable bonds is 1. The van der Waals surface area contributed by atoms with Crippen molar-refractivity contribution in [3.05, 3.63) is 18.2 Å². The van der Waals surface area contributed by atoms with Gasteiger partial charge in [0.25, 0.3) is 0 Å². The summed E-state index contributed by atoms with van der Waals surface area (Å²) in [4.78, 5) is 2.11. The highest BCUT2D eigenvalue weighted by Crippen LogP contribution is 2.32. The Morgan fingerprint density at radius 3 is 2.58 bits per heavy atom. The molecular weight excluding hydrogens is 264 g/mol. The SMILES string of the molecule is S=C(Nc1ccc2c(c1)OCCO2)N1CCOCC1. The van der Waals surface area contributed by atoms with Gasteiger partial charge in [0.2, 0.25) is 0 Å². The van der Waals surface area contributed by atoms with E-state index in [9.17, 15) is 0 Å². The third kappa shape index (κ3) is 2.90. The Balaban J connectivity index is 1.67. The van der Waals surface area contributed by atoms with Crippen molar-refractivity contribution in [2.24, 2.45) is 0 Å². The second kappa shape index (κ2) is 5.63. The predicted octanol–water partition coefficient (Wildman–Crippen LogP) is 1.49. The van der Waals surface area contributed by atoms with Gasteiger partial charge in [0.1, 0.15) is 13.2 Å². The molecule has 0 spiro atoms. The highest BCUT2D eigenvalue weighted by atomic mass is 32.1. The van der Waals surface area contributed by atoms with Crippen molar-refractivity contribution in [1.29, 1.82) is 0 Å². The predicted molar refractivity (Wildman–Crippen MR) is 76.0 cm³/mol. The van der Waals surface area contributed by atoms with E-state index < -0.39 is 0 Å². The van der Waals surface area contributed by atoms with Gasteiger partial charge < -0.3 is 24.4 Å². The Bertz CT molecular complexity index is 475. The normalized spacial score (nSPS) is 18.0. The van der Waals surface area contributed by atoms with E-state index in [0.29, 0.717) is 13.2 Å². The molecule has 2 aliphatic rings. The van der Waals surface area contributed by atoms with E-state index in [2.05, 4.69) is 10.2 Å². The van der Waals surface area contributed by atoms with E-state index >= 15 is 0 Å². The summed E-state index contributed by atoms with van der Waals surface area (Å²) in [6.45, 7) is 4.30. The second-order valence-electron chi connectivity index (χ2n) is 4.39. The van der Waals surface area contributed by atoms with Crippen LogP contribution in [0, 0.1) is 0 Å². The van der Waals surface area contributed by atoms with Gasteiger partial charge in [-0.05, 0) is 24.4 Å². The molecule has 1 fully saturated rings. The smallest absolute Gasteiger partial charge is 0.173 e. The molecule has 1 saturated heterocycles. The molecule has 0 aromatic heterocycles. The van der Waals surface area contributed by atoms with E-state index in [4.69, 9.17) is 26.4 Å². The molecule has 0 amide bonds. The van der Waals surface area contributed by atoms with Crippen LogP contribution in [0.2, 0.25) is 0 Å². The summed E-state index contributed by atoms with van der Waals surface area (Å²) in [6, 6.07) is 5.76. The van der Waals surface area contributed by atoms with Crippen LogP contribution in [0.15, 0.2) is 18.2 Å².